The molecular formula is C15H19N3O. The van der Waals surface area contributed by atoms with Gasteiger partial charge in [0.25, 0.3) is 0 Å². The summed E-state index contributed by atoms with van der Waals surface area (Å²) >= 11 is 0. The van der Waals surface area contributed by atoms with Gasteiger partial charge in [-0.2, -0.15) is 0 Å². The minimum absolute atomic E-state index is 0.667. The topological polar surface area (TPSA) is 60.2 Å². The van der Waals surface area contributed by atoms with Crippen molar-refractivity contribution in [3.63, 3.8) is 0 Å². The Labute approximate surface area is 113 Å². The van der Waals surface area contributed by atoms with Crippen molar-refractivity contribution in [2.75, 3.05) is 30.8 Å². The van der Waals surface area contributed by atoms with E-state index in [1.54, 1.807) is 6.20 Å². The summed E-state index contributed by atoms with van der Waals surface area (Å²) in [6, 6.07) is 7.76. The van der Waals surface area contributed by atoms with Crippen molar-refractivity contribution in [2.24, 2.45) is 0 Å². The molecule has 100 valence electrons. The number of ether oxygens (including phenoxy) is 1. The Bertz CT molecular complexity index is 554. The van der Waals surface area contributed by atoms with Crippen molar-refractivity contribution in [1.29, 1.82) is 0 Å². The van der Waals surface area contributed by atoms with Gasteiger partial charge in [0.1, 0.15) is 0 Å². The molecule has 3 N–H and O–H groups in total. The molecule has 2 aromatic rings. The second-order valence-corrected chi connectivity index (χ2v) is 4.22. The predicted molar refractivity (Wildman–Crippen MR) is 80.3 cm³/mol. The Kier molecular flexibility index (Phi) is 4.75. The molecule has 0 fully saturated rings. The fraction of sp³-hybridized carbons (Fsp3) is 0.267. The summed E-state index contributed by atoms with van der Waals surface area (Å²) in [5, 5.41) is 4.38. The van der Waals surface area contributed by atoms with Crippen LogP contribution in [-0.2, 0) is 4.74 Å². The maximum absolute atomic E-state index is 5.91. The molecule has 1 aromatic carbocycles. The zero-order valence-corrected chi connectivity index (χ0v) is 10.9. The van der Waals surface area contributed by atoms with Crippen molar-refractivity contribution in [3.8, 4) is 0 Å². The Morgan fingerprint density at radius 3 is 3.05 bits per heavy atom. The van der Waals surface area contributed by atoms with Gasteiger partial charge in [-0.1, -0.05) is 18.2 Å². The lowest BCUT2D eigenvalue weighted by Crippen LogP contribution is -2.10. The summed E-state index contributed by atoms with van der Waals surface area (Å²) in [6.45, 7) is 5.79. The number of nitrogens with zero attached hydrogens (tertiary/aromatic N) is 1. The monoisotopic (exact) mass is 257 g/mol. The molecule has 0 atom stereocenters. The van der Waals surface area contributed by atoms with Crippen LogP contribution in [0.15, 0.2) is 43.1 Å². The highest BCUT2D eigenvalue weighted by molar-refractivity contribution is 5.97. The van der Waals surface area contributed by atoms with E-state index in [2.05, 4.69) is 16.9 Å². The van der Waals surface area contributed by atoms with E-state index >= 15 is 0 Å². The van der Waals surface area contributed by atoms with Gasteiger partial charge in [-0.3, -0.25) is 4.98 Å². The zero-order valence-electron chi connectivity index (χ0n) is 10.9. The van der Waals surface area contributed by atoms with Crippen molar-refractivity contribution in [2.45, 2.75) is 6.42 Å². The van der Waals surface area contributed by atoms with Crippen LogP contribution in [0.3, 0.4) is 0 Å². The van der Waals surface area contributed by atoms with Crippen LogP contribution in [0, 0.1) is 0 Å². The number of hydrogen-bond acceptors (Lipinski definition) is 4. The Morgan fingerprint density at radius 2 is 2.21 bits per heavy atom. The van der Waals surface area contributed by atoms with Gasteiger partial charge < -0.3 is 15.8 Å². The number of nitrogen functional groups attached to an aromatic ring is 1. The molecule has 1 heterocycles. The highest BCUT2D eigenvalue weighted by atomic mass is 16.5. The maximum atomic E-state index is 5.91. The number of para-hydroxylation sites is 1. The molecule has 1 aromatic heterocycles. The molecular weight excluding hydrogens is 238 g/mol. The van der Waals surface area contributed by atoms with Gasteiger partial charge >= 0.3 is 0 Å². The smallest absolute Gasteiger partial charge is 0.0951 e. The number of fused-ring (bicyclic) bond motifs is 1. The SMILES string of the molecule is C=CCCOCCNc1ccnc2c(N)cccc12. The van der Waals surface area contributed by atoms with Crippen LogP contribution in [0.1, 0.15) is 6.42 Å². The van der Waals surface area contributed by atoms with E-state index in [0.717, 1.165) is 36.2 Å². The summed E-state index contributed by atoms with van der Waals surface area (Å²) in [6.07, 6.45) is 4.50. The first-order valence-electron chi connectivity index (χ1n) is 6.38. The lowest BCUT2D eigenvalue weighted by atomic mass is 10.1. The lowest BCUT2D eigenvalue weighted by molar-refractivity contribution is 0.149. The summed E-state index contributed by atoms with van der Waals surface area (Å²) in [7, 11) is 0. The van der Waals surface area contributed by atoms with Crippen LogP contribution in [0.2, 0.25) is 0 Å². The van der Waals surface area contributed by atoms with Crippen LogP contribution in [0.25, 0.3) is 10.9 Å². The lowest BCUT2D eigenvalue weighted by Gasteiger charge is -2.10. The molecule has 0 aliphatic rings. The van der Waals surface area contributed by atoms with E-state index in [1.807, 2.05) is 30.3 Å². The average molecular weight is 257 g/mol. The Morgan fingerprint density at radius 1 is 1.32 bits per heavy atom. The van der Waals surface area contributed by atoms with Crippen molar-refractivity contribution in [3.05, 3.63) is 43.1 Å². The molecule has 2 rings (SSSR count). The van der Waals surface area contributed by atoms with E-state index in [1.165, 1.54) is 0 Å². The molecule has 0 saturated heterocycles. The number of rotatable bonds is 7. The number of nitrogens with two attached hydrogens (primary N) is 1. The summed E-state index contributed by atoms with van der Waals surface area (Å²) < 4.78 is 5.46. The molecule has 0 aliphatic carbocycles. The predicted octanol–water partition coefficient (Wildman–Crippen LogP) is 2.82. The molecule has 0 spiro atoms. The fourth-order valence-electron chi connectivity index (χ4n) is 1.88. The molecule has 19 heavy (non-hydrogen) atoms. The second-order valence-electron chi connectivity index (χ2n) is 4.22. The fourth-order valence-corrected chi connectivity index (χ4v) is 1.88. The average Bonchev–Trinajstić information content (AvgIpc) is 2.43. The van der Waals surface area contributed by atoms with Gasteiger partial charge in [0.15, 0.2) is 0 Å². The first-order chi connectivity index (χ1) is 9.33. The summed E-state index contributed by atoms with van der Waals surface area (Å²) in [4.78, 5) is 4.30. The van der Waals surface area contributed by atoms with Crippen LogP contribution in [0.5, 0.6) is 0 Å². The third kappa shape index (κ3) is 3.45. The van der Waals surface area contributed by atoms with Crippen LogP contribution in [-0.4, -0.2) is 24.7 Å². The third-order valence-corrected chi connectivity index (χ3v) is 2.83. The number of pyridine rings is 1. The molecule has 0 radical (unpaired) electrons. The first-order valence-corrected chi connectivity index (χ1v) is 6.38. The van der Waals surface area contributed by atoms with Gasteiger partial charge in [-0.25, -0.2) is 0 Å². The minimum Gasteiger partial charge on any atom is -0.397 e. The van der Waals surface area contributed by atoms with Crippen LogP contribution >= 0.6 is 0 Å². The largest absolute Gasteiger partial charge is 0.397 e. The highest BCUT2D eigenvalue weighted by Crippen LogP contribution is 2.25. The Hall–Kier alpha value is -2.07. The molecule has 4 nitrogen and oxygen atoms in total. The van der Waals surface area contributed by atoms with Crippen molar-refractivity contribution >= 4 is 22.3 Å². The van der Waals surface area contributed by atoms with Crippen LogP contribution in [0.4, 0.5) is 11.4 Å². The Balaban J connectivity index is 1.97. The maximum Gasteiger partial charge on any atom is 0.0951 e. The number of nitrogens with one attached hydrogen (secondary N) is 1. The van der Waals surface area contributed by atoms with Gasteiger partial charge in [0.2, 0.25) is 0 Å². The summed E-state index contributed by atoms with van der Waals surface area (Å²) in [5.41, 5.74) is 8.47. The molecule has 4 heteroatoms. The van der Waals surface area contributed by atoms with Crippen LogP contribution < -0.4 is 11.1 Å². The van der Waals surface area contributed by atoms with Crippen molar-refractivity contribution in [1.82, 2.24) is 4.98 Å². The molecule has 0 saturated carbocycles. The quantitative estimate of drug-likeness (QED) is 0.455. The van der Waals surface area contributed by atoms with Crippen molar-refractivity contribution < 1.29 is 4.74 Å². The number of aromatic nitrogens is 1. The first kappa shape index (κ1) is 13.4. The van der Waals surface area contributed by atoms with Gasteiger partial charge in [0, 0.05) is 23.8 Å². The number of hydrogen-bond donors (Lipinski definition) is 2. The van der Waals surface area contributed by atoms with E-state index in [9.17, 15) is 0 Å². The molecule has 0 bridgehead atoms. The zero-order chi connectivity index (χ0) is 13.5. The van der Waals surface area contributed by atoms with E-state index in [4.69, 9.17) is 10.5 Å². The molecule has 0 amide bonds. The number of anilines is 2. The standard InChI is InChI=1S/C15H19N3O/c1-2-3-10-19-11-9-17-14-7-8-18-15-12(14)5-4-6-13(15)16/h2,4-8H,1,3,9-11,16H2,(H,17,18). The summed E-state index contributed by atoms with van der Waals surface area (Å²) in [5.74, 6) is 0. The molecule has 0 aliphatic heterocycles. The normalized spacial score (nSPS) is 10.5. The third-order valence-electron chi connectivity index (χ3n) is 2.83. The highest BCUT2D eigenvalue weighted by Gasteiger charge is 2.03. The van der Waals surface area contributed by atoms with E-state index in [0.29, 0.717) is 12.3 Å². The number of benzene rings is 1. The van der Waals surface area contributed by atoms with Gasteiger partial charge in [0.05, 0.1) is 24.4 Å². The minimum atomic E-state index is 0.667. The van der Waals surface area contributed by atoms with Gasteiger partial charge in [-0.15, -0.1) is 6.58 Å². The second kappa shape index (κ2) is 6.75. The molecule has 0 unspecified atom stereocenters. The van der Waals surface area contributed by atoms with E-state index in [-0.39, 0.29) is 0 Å². The van der Waals surface area contributed by atoms with Gasteiger partial charge in [-0.05, 0) is 18.6 Å². The van der Waals surface area contributed by atoms with E-state index < -0.39 is 0 Å².